The number of para-hydroxylation sites is 1. The van der Waals surface area contributed by atoms with Crippen LogP contribution >= 0.6 is 0 Å². The van der Waals surface area contributed by atoms with Crippen LogP contribution in [0.4, 0.5) is 5.69 Å². The van der Waals surface area contributed by atoms with Gasteiger partial charge >= 0.3 is 0 Å². The number of aliphatic hydroxyl groups excluding tert-OH is 2. The van der Waals surface area contributed by atoms with Crippen molar-refractivity contribution in [3.63, 3.8) is 0 Å². The average molecular weight is 316 g/mol. The molecule has 1 aromatic rings. The predicted octanol–water partition coefficient (Wildman–Crippen LogP) is 0.174. The van der Waals surface area contributed by atoms with Crippen LogP contribution in [-0.2, 0) is 10.0 Å². The second-order valence-electron chi connectivity index (χ2n) is 4.25. The van der Waals surface area contributed by atoms with Gasteiger partial charge in [-0.25, -0.2) is 13.1 Å². The van der Waals surface area contributed by atoms with Gasteiger partial charge in [0.25, 0.3) is 5.69 Å². The standard InChI is InChI=1S/C12H16N2O6S/c1-9(10(7-15)8-16)6-13-21(19,20)12-5-3-2-4-11(12)14(17)18/h2-5,13,15-16H,6-8H2,1H3. The molecule has 0 bridgehead atoms. The lowest BCUT2D eigenvalue weighted by Crippen LogP contribution is -2.27. The Bertz CT molecular complexity index is 647. The van der Waals surface area contributed by atoms with Crippen molar-refractivity contribution in [3.8, 4) is 0 Å². The Morgan fingerprint density at radius 2 is 1.86 bits per heavy atom. The molecular weight excluding hydrogens is 300 g/mol. The number of rotatable bonds is 7. The minimum atomic E-state index is -4.07. The van der Waals surface area contributed by atoms with Gasteiger partial charge in [0.2, 0.25) is 10.0 Å². The van der Waals surface area contributed by atoms with Crippen molar-refractivity contribution >= 4 is 15.7 Å². The van der Waals surface area contributed by atoms with Crippen molar-refractivity contribution in [2.45, 2.75) is 11.8 Å². The second kappa shape index (κ2) is 7.27. The van der Waals surface area contributed by atoms with E-state index in [1.807, 2.05) is 0 Å². The monoisotopic (exact) mass is 316 g/mol. The van der Waals surface area contributed by atoms with Crippen molar-refractivity contribution in [1.29, 1.82) is 0 Å². The summed E-state index contributed by atoms with van der Waals surface area (Å²) in [7, 11) is -4.07. The highest BCUT2D eigenvalue weighted by molar-refractivity contribution is 7.89. The zero-order valence-electron chi connectivity index (χ0n) is 11.3. The van der Waals surface area contributed by atoms with Crippen LogP contribution in [0.3, 0.4) is 0 Å². The van der Waals surface area contributed by atoms with Gasteiger partial charge in [0.15, 0.2) is 4.90 Å². The number of hydrogen-bond donors (Lipinski definition) is 3. The first kappa shape index (κ1) is 17.2. The Labute approximate surface area is 121 Å². The van der Waals surface area contributed by atoms with Crippen LogP contribution in [0.1, 0.15) is 6.92 Å². The molecule has 0 saturated heterocycles. The fraction of sp³-hybridized carbons (Fsp3) is 0.333. The number of nitro groups is 1. The van der Waals surface area contributed by atoms with Crippen molar-refractivity contribution in [2.75, 3.05) is 19.8 Å². The maximum Gasteiger partial charge on any atom is 0.289 e. The third-order valence-corrected chi connectivity index (χ3v) is 4.31. The molecular formula is C12H16N2O6S. The average Bonchev–Trinajstić information content (AvgIpc) is 2.46. The third-order valence-electron chi connectivity index (χ3n) is 2.86. The van der Waals surface area contributed by atoms with Crippen LogP contribution in [0, 0.1) is 10.1 Å². The Hall–Kier alpha value is -1.81. The van der Waals surface area contributed by atoms with E-state index in [-0.39, 0.29) is 6.54 Å². The van der Waals surface area contributed by atoms with E-state index in [2.05, 4.69) is 4.72 Å². The number of nitrogens with zero attached hydrogens (tertiary/aromatic N) is 1. The molecule has 0 aliphatic carbocycles. The minimum absolute atomic E-state index is 0.162. The van der Waals surface area contributed by atoms with Gasteiger partial charge in [-0.3, -0.25) is 10.1 Å². The molecule has 1 rings (SSSR count). The summed E-state index contributed by atoms with van der Waals surface area (Å²) in [6.07, 6.45) is 0. The highest BCUT2D eigenvalue weighted by Gasteiger charge is 2.24. The number of aliphatic hydroxyl groups is 2. The van der Waals surface area contributed by atoms with E-state index in [1.54, 1.807) is 6.92 Å². The predicted molar refractivity (Wildman–Crippen MR) is 75.2 cm³/mol. The van der Waals surface area contributed by atoms with Gasteiger partial charge in [-0.1, -0.05) is 17.7 Å². The maximum atomic E-state index is 12.1. The van der Waals surface area contributed by atoms with E-state index in [0.717, 1.165) is 12.1 Å². The fourth-order valence-corrected chi connectivity index (χ4v) is 2.80. The summed E-state index contributed by atoms with van der Waals surface area (Å²) in [5, 5.41) is 28.8. The Morgan fingerprint density at radius 3 is 2.38 bits per heavy atom. The Kier molecular flexibility index (Phi) is 5.97. The first-order valence-electron chi connectivity index (χ1n) is 5.95. The molecule has 0 spiro atoms. The maximum absolute atomic E-state index is 12.1. The molecule has 0 atom stereocenters. The molecule has 0 aromatic heterocycles. The third kappa shape index (κ3) is 4.33. The second-order valence-corrected chi connectivity index (χ2v) is 5.98. The molecule has 1 aromatic carbocycles. The lowest BCUT2D eigenvalue weighted by Gasteiger charge is -2.10. The van der Waals surface area contributed by atoms with Crippen LogP contribution in [0.5, 0.6) is 0 Å². The highest BCUT2D eigenvalue weighted by Crippen LogP contribution is 2.22. The molecule has 0 fully saturated rings. The van der Waals surface area contributed by atoms with Crippen molar-refractivity contribution < 1.29 is 23.6 Å². The zero-order valence-corrected chi connectivity index (χ0v) is 12.1. The van der Waals surface area contributed by atoms with Crippen LogP contribution in [0.25, 0.3) is 0 Å². The molecule has 21 heavy (non-hydrogen) atoms. The molecule has 3 N–H and O–H groups in total. The van der Waals surface area contributed by atoms with Gasteiger partial charge in [-0.2, -0.15) is 0 Å². The van der Waals surface area contributed by atoms with E-state index in [0.29, 0.717) is 11.1 Å². The molecule has 0 aliphatic heterocycles. The highest BCUT2D eigenvalue weighted by atomic mass is 32.2. The van der Waals surface area contributed by atoms with E-state index in [4.69, 9.17) is 10.2 Å². The van der Waals surface area contributed by atoms with Gasteiger partial charge in [0, 0.05) is 12.6 Å². The van der Waals surface area contributed by atoms with Gasteiger partial charge in [0.1, 0.15) is 0 Å². The smallest absolute Gasteiger partial charge is 0.289 e. The van der Waals surface area contributed by atoms with Crippen LogP contribution in [0.15, 0.2) is 40.3 Å². The minimum Gasteiger partial charge on any atom is -0.392 e. The van der Waals surface area contributed by atoms with E-state index < -0.39 is 38.7 Å². The molecule has 9 heteroatoms. The Balaban J connectivity index is 3.04. The fourth-order valence-electron chi connectivity index (χ4n) is 1.56. The van der Waals surface area contributed by atoms with Crippen LogP contribution < -0.4 is 4.72 Å². The molecule has 8 nitrogen and oxygen atoms in total. The summed E-state index contributed by atoms with van der Waals surface area (Å²) in [6.45, 7) is 0.597. The van der Waals surface area contributed by atoms with E-state index in [9.17, 15) is 18.5 Å². The van der Waals surface area contributed by atoms with Crippen molar-refractivity contribution in [2.24, 2.45) is 0 Å². The molecule has 0 aliphatic rings. The lowest BCUT2D eigenvalue weighted by molar-refractivity contribution is -0.387. The number of sulfonamides is 1. The molecule has 116 valence electrons. The van der Waals surface area contributed by atoms with Crippen LogP contribution in [0.2, 0.25) is 0 Å². The van der Waals surface area contributed by atoms with Gasteiger partial charge in [-0.05, 0) is 18.6 Å². The molecule has 0 saturated carbocycles. The van der Waals surface area contributed by atoms with Crippen molar-refractivity contribution in [1.82, 2.24) is 4.72 Å². The number of nitrogens with one attached hydrogen (secondary N) is 1. The van der Waals surface area contributed by atoms with E-state index >= 15 is 0 Å². The molecule has 0 heterocycles. The van der Waals surface area contributed by atoms with Gasteiger partial charge in [0.05, 0.1) is 18.1 Å². The quantitative estimate of drug-likeness (QED) is 0.373. The summed E-state index contributed by atoms with van der Waals surface area (Å²) in [6, 6.07) is 5.00. The summed E-state index contributed by atoms with van der Waals surface area (Å²) < 4.78 is 26.4. The largest absolute Gasteiger partial charge is 0.392 e. The van der Waals surface area contributed by atoms with Crippen molar-refractivity contribution in [3.05, 3.63) is 45.5 Å². The van der Waals surface area contributed by atoms with Gasteiger partial charge < -0.3 is 10.2 Å². The lowest BCUT2D eigenvalue weighted by atomic mass is 10.1. The summed E-state index contributed by atoms with van der Waals surface area (Å²) >= 11 is 0. The van der Waals surface area contributed by atoms with Crippen LogP contribution in [-0.4, -0.2) is 43.3 Å². The Morgan fingerprint density at radius 1 is 1.29 bits per heavy atom. The normalized spacial score (nSPS) is 11.2. The zero-order chi connectivity index (χ0) is 16.0. The summed E-state index contributed by atoms with van der Waals surface area (Å²) in [5.74, 6) is 0. The molecule has 0 unspecified atom stereocenters. The first-order chi connectivity index (χ1) is 9.83. The molecule has 0 radical (unpaired) electrons. The van der Waals surface area contributed by atoms with E-state index in [1.165, 1.54) is 12.1 Å². The first-order valence-corrected chi connectivity index (χ1v) is 7.44. The summed E-state index contributed by atoms with van der Waals surface area (Å²) in [4.78, 5) is 9.64. The number of benzene rings is 1. The summed E-state index contributed by atoms with van der Waals surface area (Å²) in [5.41, 5.74) is 0.221. The van der Waals surface area contributed by atoms with Gasteiger partial charge in [-0.15, -0.1) is 0 Å². The molecule has 0 amide bonds. The topological polar surface area (TPSA) is 130 Å². The number of hydrogen-bond acceptors (Lipinski definition) is 6. The number of nitro benzene ring substituents is 1. The SMILES string of the molecule is CC(CNS(=O)(=O)c1ccccc1[N+](=O)[O-])=C(CO)CO.